The quantitative estimate of drug-likeness (QED) is 0.681. The van der Waals surface area contributed by atoms with Gasteiger partial charge in [-0.05, 0) is 6.92 Å². The first kappa shape index (κ1) is 8.93. The minimum Gasteiger partial charge on any atom is -0.340 e. The lowest BCUT2D eigenvalue weighted by Gasteiger charge is -2.04. The van der Waals surface area contributed by atoms with Gasteiger partial charge in [0.05, 0.1) is 6.54 Å². The van der Waals surface area contributed by atoms with Gasteiger partial charge in [0.2, 0.25) is 5.89 Å². The Labute approximate surface area is 71.7 Å². The summed E-state index contributed by atoms with van der Waals surface area (Å²) < 4.78 is 4.80. The van der Waals surface area contributed by atoms with Gasteiger partial charge in [-0.25, -0.2) is 0 Å². The summed E-state index contributed by atoms with van der Waals surface area (Å²) in [5.74, 6) is 1.28. The Balaban J connectivity index is 2.37. The van der Waals surface area contributed by atoms with Gasteiger partial charge in [0.1, 0.15) is 0 Å². The van der Waals surface area contributed by atoms with E-state index in [1.54, 1.807) is 6.92 Å². The second kappa shape index (κ2) is 4.01. The van der Waals surface area contributed by atoms with Crippen LogP contribution in [0, 0.1) is 6.92 Å². The molecule has 0 saturated carbocycles. The predicted octanol–water partition coefficient (Wildman–Crippen LogP) is 1.04. The maximum atomic E-state index is 4.80. The van der Waals surface area contributed by atoms with Crippen LogP contribution >= 0.6 is 0 Å². The molecule has 0 saturated heterocycles. The second-order valence-electron chi connectivity index (χ2n) is 2.63. The zero-order valence-corrected chi connectivity index (χ0v) is 7.37. The van der Waals surface area contributed by atoms with Crippen molar-refractivity contribution in [2.45, 2.75) is 26.4 Å². The fourth-order valence-electron chi connectivity index (χ4n) is 0.749. The molecule has 0 spiro atoms. The Morgan fingerprint density at radius 2 is 2.50 bits per heavy atom. The van der Waals surface area contributed by atoms with Crippen molar-refractivity contribution < 1.29 is 4.52 Å². The highest BCUT2D eigenvalue weighted by molar-refractivity contribution is 4.87. The molecule has 4 nitrogen and oxygen atoms in total. The first-order chi connectivity index (χ1) is 5.72. The average Bonchev–Trinajstić information content (AvgIpc) is 2.47. The zero-order chi connectivity index (χ0) is 8.97. The topological polar surface area (TPSA) is 51.0 Å². The maximum Gasteiger partial charge on any atom is 0.223 e. The molecule has 0 aliphatic rings. The van der Waals surface area contributed by atoms with Crippen LogP contribution < -0.4 is 5.32 Å². The summed E-state index contributed by atoms with van der Waals surface area (Å²) >= 11 is 0. The van der Waals surface area contributed by atoms with Crippen molar-refractivity contribution in [2.75, 3.05) is 0 Å². The molecule has 1 N–H and O–H groups in total. The molecule has 1 aromatic rings. The molecule has 1 unspecified atom stereocenters. The SMILES string of the molecule is C=CC(C)NCc1noc(C)n1. The minimum atomic E-state index is 0.267. The molecule has 0 aliphatic carbocycles. The highest BCUT2D eigenvalue weighted by Crippen LogP contribution is 1.94. The Bertz CT molecular complexity index is 257. The van der Waals surface area contributed by atoms with Crippen molar-refractivity contribution >= 4 is 0 Å². The fourth-order valence-corrected chi connectivity index (χ4v) is 0.749. The molecule has 1 rings (SSSR count). The standard InChI is InChI=1S/C8H13N3O/c1-4-6(2)9-5-8-10-7(3)12-11-8/h4,6,9H,1,5H2,2-3H3. The highest BCUT2D eigenvalue weighted by atomic mass is 16.5. The number of rotatable bonds is 4. The van der Waals surface area contributed by atoms with Gasteiger partial charge >= 0.3 is 0 Å². The van der Waals surface area contributed by atoms with E-state index in [2.05, 4.69) is 22.0 Å². The largest absolute Gasteiger partial charge is 0.340 e. The monoisotopic (exact) mass is 167 g/mol. The van der Waals surface area contributed by atoms with E-state index in [-0.39, 0.29) is 6.04 Å². The molecule has 0 aromatic carbocycles. The molecule has 0 fully saturated rings. The summed E-state index contributed by atoms with van der Waals surface area (Å²) in [6, 6.07) is 0.267. The summed E-state index contributed by atoms with van der Waals surface area (Å²) in [6.07, 6.45) is 1.83. The minimum absolute atomic E-state index is 0.267. The Morgan fingerprint density at radius 3 is 3.00 bits per heavy atom. The van der Waals surface area contributed by atoms with Crippen LogP contribution in [-0.4, -0.2) is 16.2 Å². The summed E-state index contributed by atoms with van der Waals surface area (Å²) in [6.45, 7) is 8.05. The second-order valence-corrected chi connectivity index (χ2v) is 2.63. The number of hydrogen-bond donors (Lipinski definition) is 1. The third-order valence-electron chi connectivity index (χ3n) is 1.51. The number of aromatic nitrogens is 2. The Hall–Kier alpha value is -1.16. The van der Waals surface area contributed by atoms with Gasteiger partial charge in [-0.15, -0.1) is 6.58 Å². The third kappa shape index (κ3) is 2.47. The average molecular weight is 167 g/mol. The molecule has 1 atom stereocenters. The molecule has 66 valence electrons. The molecule has 4 heteroatoms. The van der Waals surface area contributed by atoms with E-state index in [1.807, 2.05) is 13.0 Å². The number of nitrogens with one attached hydrogen (secondary N) is 1. The molecular formula is C8H13N3O. The van der Waals surface area contributed by atoms with Gasteiger partial charge < -0.3 is 9.84 Å². The van der Waals surface area contributed by atoms with Crippen LogP contribution in [0.25, 0.3) is 0 Å². The van der Waals surface area contributed by atoms with E-state index in [1.165, 1.54) is 0 Å². The van der Waals surface area contributed by atoms with E-state index >= 15 is 0 Å². The van der Waals surface area contributed by atoms with Crippen molar-refractivity contribution in [2.24, 2.45) is 0 Å². The lowest BCUT2D eigenvalue weighted by Crippen LogP contribution is -2.23. The van der Waals surface area contributed by atoms with E-state index in [9.17, 15) is 0 Å². The number of nitrogens with zero attached hydrogens (tertiary/aromatic N) is 2. The van der Waals surface area contributed by atoms with Crippen molar-refractivity contribution in [1.29, 1.82) is 0 Å². The van der Waals surface area contributed by atoms with Crippen LogP contribution in [0.1, 0.15) is 18.6 Å². The number of aryl methyl sites for hydroxylation is 1. The van der Waals surface area contributed by atoms with Crippen LogP contribution in [0.2, 0.25) is 0 Å². The van der Waals surface area contributed by atoms with Crippen molar-refractivity contribution in [3.05, 3.63) is 24.4 Å². The van der Waals surface area contributed by atoms with Crippen LogP contribution in [0.15, 0.2) is 17.2 Å². The van der Waals surface area contributed by atoms with Gasteiger partial charge in [0.15, 0.2) is 5.82 Å². The molecule has 1 aromatic heterocycles. The summed E-state index contributed by atoms with van der Waals surface area (Å²) in [4.78, 5) is 4.04. The van der Waals surface area contributed by atoms with E-state index in [0.717, 1.165) is 0 Å². The third-order valence-corrected chi connectivity index (χ3v) is 1.51. The lowest BCUT2D eigenvalue weighted by atomic mass is 10.3. The van der Waals surface area contributed by atoms with Gasteiger partial charge in [-0.3, -0.25) is 0 Å². The van der Waals surface area contributed by atoms with Crippen LogP contribution in [-0.2, 0) is 6.54 Å². The smallest absolute Gasteiger partial charge is 0.223 e. The van der Waals surface area contributed by atoms with Crippen LogP contribution in [0.5, 0.6) is 0 Å². The number of hydrogen-bond acceptors (Lipinski definition) is 4. The van der Waals surface area contributed by atoms with Crippen LogP contribution in [0.3, 0.4) is 0 Å². The summed E-state index contributed by atoms with van der Waals surface area (Å²) in [5.41, 5.74) is 0. The van der Waals surface area contributed by atoms with Crippen molar-refractivity contribution in [1.82, 2.24) is 15.5 Å². The Kier molecular flexibility index (Phi) is 2.99. The van der Waals surface area contributed by atoms with Crippen molar-refractivity contribution in [3.8, 4) is 0 Å². The molecule has 12 heavy (non-hydrogen) atoms. The van der Waals surface area contributed by atoms with Crippen LogP contribution in [0.4, 0.5) is 0 Å². The van der Waals surface area contributed by atoms with Crippen molar-refractivity contribution in [3.63, 3.8) is 0 Å². The molecule has 0 bridgehead atoms. The van der Waals surface area contributed by atoms with E-state index in [0.29, 0.717) is 18.3 Å². The first-order valence-corrected chi connectivity index (χ1v) is 3.87. The van der Waals surface area contributed by atoms with Gasteiger partial charge in [0.25, 0.3) is 0 Å². The normalized spacial score (nSPS) is 12.8. The van der Waals surface area contributed by atoms with Gasteiger partial charge in [-0.2, -0.15) is 4.98 Å². The molecule has 0 radical (unpaired) electrons. The summed E-state index contributed by atoms with van der Waals surface area (Å²) in [7, 11) is 0. The van der Waals surface area contributed by atoms with E-state index < -0.39 is 0 Å². The zero-order valence-electron chi connectivity index (χ0n) is 7.37. The predicted molar refractivity (Wildman–Crippen MR) is 45.5 cm³/mol. The van der Waals surface area contributed by atoms with Gasteiger partial charge in [-0.1, -0.05) is 11.2 Å². The first-order valence-electron chi connectivity index (χ1n) is 3.87. The van der Waals surface area contributed by atoms with E-state index in [4.69, 9.17) is 4.52 Å². The fraction of sp³-hybridized carbons (Fsp3) is 0.500. The molecule has 1 heterocycles. The van der Waals surface area contributed by atoms with Gasteiger partial charge in [0, 0.05) is 13.0 Å². The lowest BCUT2D eigenvalue weighted by molar-refractivity contribution is 0.385. The molecular weight excluding hydrogens is 154 g/mol. The highest BCUT2D eigenvalue weighted by Gasteiger charge is 2.02. The Morgan fingerprint density at radius 1 is 1.75 bits per heavy atom. The maximum absolute atomic E-state index is 4.80. The molecule has 0 amide bonds. The molecule has 0 aliphatic heterocycles. The summed E-state index contributed by atoms with van der Waals surface area (Å²) in [5, 5.41) is 6.90.